The van der Waals surface area contributed by atoms with Gasteiger partial charge in [0, 0.05) is 12.1 Å². The molecule has 1 saturated heterocycles. The lowest BCUT2D eigenvalue weighted by Crippen LogP contribution is -2.38. The molecule has 16 heavy (non-hydrogen) atoms. The number of rotatable bonds is 2. The Balaban J connectivity index is 2.34. The van der Waals surface area contributed by atoms with E-state index < -0.39 is 0 Å². The van der Waals surface area contributed by atoms with Gasteiger partial charge >= 0.3 is 0 Å². The first-order valence-corrected chi connectivity index (χ1v) is 6.09. The Morgan fingerprint density at radius 1 is 1.44 bits per heavy atom. The fourth-order valence-electron chi connectivity index (χ4n) is 2.42. The quantitative estimate of drug-likeness (QED) is 0.857. The molecule has 2 rings (SSSR count). The molecule has 1 aliphatic heterocycles. The molecular weight excluding hydrogens is 222 g/mol. The molecule has 0 saturated carbocycles. The van der Waals surface area contributed by atoms with Crippen molar-refractivity contribution in [2.45, 2.75) is 38.8 Å². The standard InChI is InChI=1S/C13H18ClNO/c1-13(2)6-3-7-15(13)12-5-4-10(9-16)8-11(12)14/h4-5,8,16H,3,6-7,9H2,1-2H3. The summed E-state index contributed by atoms with van der Waals surface area (Å²) in [6, 6.07) is 5.81. The summed E-state index contributed by atoms with van der Waals surface area (Å²) >= 11 is 6.26. The van der Waals surface area contributed by atoms with Crippen LogP contribution in [0.15, 0.2) is 18.2 Å². The average Bonchev–Trinajstić information content (AvgIpc) is 2.58. The van der Waals surface area contributed by atoms with Gasteiger partial charge in [-0.3, -0.25) is 0 Å². The fraction of sp³-hybridized carbons (Fsp3) is 0.538. The van der Waals surface area contributed by atoms with Crippen LogP contribution in [0, 0.1) is 0 Å². The van der Waals surface area contributed by atoms with Crippen LogP contribution in [0.1, 0.15) is 32.3 Å². The summed E-state index contributed by atoms with van der Waals surface area (Å²) in [5, 5.41) is 9.79. The van der Waals surface area contributed by atoms with E-state index in [4.69, 9.17) is 16.7 Å². The van der Waals surface area contributed by atoms with Gasteiger partial charge in [0.15, 0.2) is 0 Å². The molecule has 0 spiro atoms. The second-order valence-corrected chi connectivity index (χ2v) is 5.42. The number of benzene rings is 1. The zero-order chi connectivity index (χ0) is 11.8. The van der Waals surface area contributed by atoms with E-state index in [1.165, 1.54) is 12.8 Å². The maximum atomic E-state index is 9.05. The second-order valence-electron chi connectivity index (χ2n) is 5.01. The van der Waals surface area contributed by atoms with Crippen molar-refractivity contribution < 1.29 is 5.11 Å². The average molecular weight is 240 g/mol. The van der Waals surface area contributed by atoms with Gasteiger partial charge in [-0.2, -0.15) is 0 Å². The Labute approximate surface area is 102 Å². The van der Waals surface area contributed by atoms with E-state index >= 15 is 0 Å². The summed E-state index contributed by atoms with van der Waals surface area (Å²) in [4.78, 5) is 2.36. The highest BCUT2D eigenvalue weighted by molar-refractivity contribution is 6.33. The highest BCUT2D eigenvalue weighted by Crippen LogP contribution is 2.37. The fourth-order valence-corrected chi connectivity index (χ4v) is 2.73. The Kier molecular flexibility index (Phi) is 3.13. The van der Waals surface area contributed by atoms with Crippen LogP contribution < -0.4 is 4.90 Å². The molecule has 88 valence electrons. The van der Waals surface area contributed by atoms with Crippen molar-refractivity contribution in [3.05, 3.63) is 28.8 Å². The van der Waals surface area contributed by atoms with Crippen LogP contribution >= 0.6 is 11.6 Å². The molecule has 0 bridgehead atoms. The van der Waals surface area contributed by atoms with Gasteiger partial charge in [-0.1, -0.05) is 17.7 Å². The minimum absolute atomic E-state index is 0.0450. The molecule has 1 aromatic carbocycles. The third-order valence-corrected chi connectivity index (χ3v) is 3.69. The van der Waals surface area contributed by atoms with Crippen LogP contribution in [0.25, 0.3) is 0 Å². The van der Waals surface area contributed by atoms with E-state index in [9.17, 15) is 0 Å². The Morgan fingerprint density at radius 2 is 2.19 bits per heavy atom. The molecule has 0 unspecified atom stereocenters. The molecule has 1 fully saturated rings. The van der Waals surface area contributed by atoms with Crippen LogP contribution in [0.3, 0.4) is 0 Å². The SMILES string of the molecule is CC1(C)CCCN1c1ccc(CO)cc1Cl. The van der Waals surface area contributed by atoms with E-state index in [0.717, 1.165) is 22.8 Å². The van der Waals surface area contributed by atoms with E-state index in [-0.39, 0.29) is 12.1 Å². The first-order valence-electron chi connectivity index (χ1n) is 5.71. The number of nitrogens with zero attached hydrogens (tertiary/aromatic N) is 1. The van der Waals surface area contributed by atoms with Gasteiger partial charge in [-0.25, -0.2) is 0 Å². The number of aliphatic hydroxyl groups is 1. The molecule has 0 aliphatic carbocycles. The van der Waals surface area contributed by atoms with E-state index in [1.54, 1.807) is 0 Å². The Morgan fingerprint density at radius 3 is 2.69 bits per heavy atom. The predicted octanol–water partition coefficient (Wildman–Crippen LogP) is 3.21. The molecular formula is C13H18ClNO. The lowest BCUT2D eigenvalue weighted by molar-refractivity contribution is 0.282. The molecule has 1 N–H and O–H groups in total. The monoisotopic (exact) mass is 239 g/mol. The Hall–Kier alpha value is -0.730. The van der Waals surface area contributed by atoms with Crippen molar-refractivity contribution in [1.29, 1.82) is 0 Å². The van der Waals surface area contributed by atoms with Crippen LogP contribution in [0.5, 0.6) is 0 Å². The third kappa shape index (κ3) is 2.04. The van der Waals surface area contributed by atoms with Crippen LogP contribution in [-0.4, -0.2) is 17.2 Å². The Bertz CT molecular complexity index is 390. The largest absolute Gasteiger partial charge is 0.392 e. The first-order chi connectivity index (χ1) is 7.54. The lowest BCUT2D eigenvalue weighted by atomic mass is 10.0. The number of anilines is 1. The number of aliphatic hydroxyl groups excluding tert-OH is 1. The summed E-state index contributed by atoms with van der Waals surface area (Å²) in [5.74, 6) is 0. The van der Waals surface area contributed by atoms with Gasteiger partial charge in [-0.05, 0) is 44.4 Å². The number of halogens is 1. The van der Waals surface area contributed by atoms with Crippen molar-refractivity contribution in [3.8, 4) is 0 Å². The predicted molar refractivity (Wildman–Crippen MR) is 68.0 cm³/mol. The summed E-state index contributed by atoms with van der Waals surface area (Å²) < 4.78 is 0. The zero-order valence-corrected chi connectivity index (χ0v) is 10.6. The lowest BCUT2D eigenvalue weighted by Gasteiger charge is -2.34. The van der Waals surface area contributed by atoms with Gasteiger partial charge in [0.2, 0.25) is 0 Å². The van der Waals surface area contributed by atoms with Gasteiger partial charge in [0.1, 0.15) is 0 Å². The molecule has 1 aromatic rings. The van der Waals surface area contributed by atoms with Crippen molar-refractivity contribution in [2.75, 3.05) is 11.4 Å². The summed E-state index contributed by atoms with van der Waals surface area (Å²) in [5.41, 5.74) is 2.14. The zero-order valence-electron chi connectivity index (χ0n) is 9.83. The van der Waals surface area contributed by atoms with Crippen LogP contribution in [0.4, 0.5) is 5.69 Å². The molecule has 0 aromatic heterocycles. The van der Waals surface area contributed by atoms with Crippen LogP contribution in [-0.2, 0) is 6.61 Å². The van der Waals surface area contributed by atoms with Gasteiger partial charge in [0.05, 0.1) is 17.3 Å². The van der Waals surface area contributed by atoms with E-state index in [2.05, 4.69) is 18.7 Å². The molecule has 1 heterocycles. The van der Waals surface area contributed by atoms with Crippen molar-refractivity contribution in [1.82, 2.24) is 0 Å². The topological polar surface area (TPSA) is 23.5 Å². The minimum atomic E-state index is 0.0450. The van der Waals surface area contributed by atoms with E-state index in [0.29, 0.717) is 0 Å². The molecule has 3 heteroatoms. The maximum absolute atomic E-state index is 9.05. The number of hydrogen-bond donors (Lipinski definition) is 1. The highest BCUT2D eigenvalue weighted by Gasteiger charge is 2.32. The van der Waals surface area contributed by atoms with Crippen molar-refractivity contribution in [2.24, 2.45) is 0 Å². The summed E-state index contributed by atoms with van der Waals surface area (Å²) in [6.45, 7) is 5.60. The second kappa shape index (κ2) is 4.27. The highest BCUT2D eigenvalue weighted by atomic mass is 35.5. The molecule has 0 radical (unpaired) electrons. The molecule has 1 aliphatic rings. The summed E-state index contributed by atoms with van der Waals surface area (Å²) in [6.07, 6.45) is 2.41. The molecule has 0 amide bonds. The van der Waals surface area contributed by atoms with Gasteiger partial charge < -0.3 is 10.0 Å². The first kappa shape index (κ1) is 11.7. The molecule has 0 atom stereocenters. The third-order valence-electron chi connectivity index (χ3n) is 3.39. The summed E-state index contributed by atoms with van der Waals surface area (Å²) in [7, 11) is 0. The smallest absolute Gasteiger partial charge is 0.0682 e. The normalized spacial score (nSPS) is 19.1. The minimum Gasteiger partial charge on any atom is -0.392 e. The van der Waals surface area contributed by atoms with E-state index in [1.807, 2.05) is 18.2 Å². The van der Waals surface area contributed by atoms with Crippen molar-refractivity contribution in [3.63, 3.8) is 0 Å². The van der Waals surface area contributed by atoms with Crippen LogP contribution in [0.2, 0.25) is 5.02 Å². The van der Waals surface area contributed by atoms with Gasteiger partial charge in [-0.15, -0.1) is 0 Å². The van der Waals surface area contributed by atoms with Gasteiger partial charge in [0.25, 0.3) is 0 Å². The van der Waals surface area contributed by atoms with Crippen molar-refractivity contribution >= 4 is 17.3 Å². The number of hydrogen-bond acceptors (Lipinski definition) is 2. The maximum Gasteiger partial charge on any atom is 0.0682 e. The molecule has 2 nitrogen and oxygen atoms in total.